The Morgan fingerprint density at radius 3 is 2.40 bits per heavy atom. The second kappa shape index (κ2) is 6.62. The minimum absolute atomic E-state index is 0.00243. The lowest BCUT2D eigenvalue weighted by Gasteiger charge is -2.30. The Bertz CT molecular complexity index is 691. The van der Waals surface area contributed by atoms with Crippen LogP contribution < -0.4 is 4.90 Å². The zero-order valence-electron chi connectivity index (χ0n) is 14.4. The molecule has 2 aliphatic heterocycles. The van der Waals surface area contributed by atoms with Crippen molar-refractivity contribution >= 4 is 23.4 Å². The molecule has 25 heavy (non-hydrogen) atoms. The van der Waals surface area contributed by atoms with Crippen molar-refractivity contribution in [1.29, 1.82) is 0 Å². The molecule has 1 aromatic rings. The number of hydrogen-bond donors (Lipinski definition) is 0. The van der Waals surface area contributed by atoms with E-state index in [2.05, 4.69) is 6.07 Å². The van der Waals surface area contributed by atoms with Crippen molar-refractivity contribution < 1.29 is 14.4 Å². The number of imide groups is 1. The number of benzene rings is 1. The highest BCUT2D eigenvalue weighted by Crippen LogP contribution is 2.38. The Balaban J connectivity index is 1.43. The lowest BCUT2D eigenvalue weighted by molar-refractivity contribution is -0.140. The van der Waals surface area contributed by atoms with E-state index < -0.39 is 0 Å². The number of hydrogen-bond acceptors (Lipinski definition) is 3. The molecule has 3 aliphatic rings. The highest BCUT2D eigenvalue weighted by atomic mass is 16.2. The first-order chi connectivity index (χ1) is 12.2. The minimum atomic E-state index is -0.132. The molecule has 1 aliphatic carbocycles. The zero-order valence-corrected chi connectivity index (χ0v) is 14.4. The molecule has 4 rings (SSSR count). The number of rotatable bonds is 3. The van der Waals surface area contributed by atoms with Gasteiger partial charge in [0.25, 0.3) is 0 Å². The third-order valence-corrected chi connectivity index (χ3v) is 5.89. The predicted molar refractivity (Wildman–Crippen MR) is 93.9 cm³/mol. The van der Waals surface area contributed by atoms with Crippen molar-refractivity contribution in [2.45, 2.75) is 44.9 Å². The molecule has 3 amide bonds. The Labute approximate surface area is 148 Å². The van der Waals surface area contributed by atoms with E-state index in [4.69, 9.17) is 0 Å². The first-order valence-corrected chi connectivity index (χ1v) is 9.40. The topological polar surface area (TPSA) is 57.7 Å². The second-order valence-electron chi connectivity index (χ2n) is 7.35. The molecule has 5 nitrogen and oxygen atoms in total. The van der Waals surface area contributed by atoms with E-state index in [-0.39, 0.29) is 42.5 Å². The van der Waals surface area contributed by atoms with Crippen LogP contribution in [-0.2, 0) is 20.8 Å². The molecule has 0 unspecified atom stereocenters. The fourth-order valence-corrected chi connectivity index (χ4v) is 4.59. The van der Waals surface area contributed by atoms with Gasteiger partial charge in [-0.2, -0.15) is 0 Å². The summed E-state index contributed by atoms with van der Waals surface area (Å²) in [7, 11) is 0. The van der Waals surface area contributed by atoms with E-state index in [1.54, 1.807) is 0 Å². The number of nitrogens with zero attached hydrogens (tertiary/aromatic N) is 2. The van der Waals surface area contributed by atoms with Crippen LogP contribution in [0, 0.1) is 11.8 Å². The maximum atomic E-state index is 12.7. The number of aryl methyl sites for hydroxylation is 1. The van der Waals surface area contributed by atoms with Gasteiger partial charge in [0.2, 0.25) is 17.7 Å². The molecule has 0 spiro atoms. The SMILES string of the molecule is O=C1[C@H]2CCCC[C@@H]2C(=O)N1CCC(=O)N1CCCc2ccccc21. The van der Waals surface area contributed by atoms with Gasteiger partial charge in [-0.3, -0.25) is 19.3 Å². The first-order valence-electron chi connectivity index (χ1n) is 9.40. The van der Waals surface area contributed by atoms with E-state index in [9.17, 15) is 14.4 Å². The molecule has 1 aromatic carbocycles. The highest BCUT2D eigenvalue weighted by Gasteiger charge is 2.47. The molecule has 0 radical (unpaired) electrons. The van der Waals surface area contributed by atoms with Crippen molar-refractivity contribution in [3.63, 3.8) is 0 Å². The van der Waals surface area contributed by atoms with Crippen molar-refractivity contribution in [3.8, 4) is 0 Å². The van der Waals surface area contributed by atoms with Crippen LogP contribution in [0.3, 0.4) is 0 Å². The Hall–Kier alpha value is -2.17. The van der Waals surface area contributed by atoms with E-state index >= 15 is 0 Å². The van der Waals surface area contributed by atoms with Gasteiger partial charge in [-0.15, -0.1) is 0 Å². The van der Waals surface area contributed by atoms with Crippen LogP contribution in [0.1, 0.15) is 44.1 Å². The Morgan fingerprint density at radius 2 is 1.68 bits per heavy atom. The molecule has 2 atom stereocenters. The zero-order chi connectivity index (χ0) is 17.4. The lowest BCUT2D eigenvalue weighted by atomic mass is 9.81. The number of anilines is 1. The van der Waals surface area contributed by atoms with Gasteiger partial charge < -0.3 is 4.90 Å². The van der Waals surface area contributed by atoms with Crippen LogP contribution in [0.4, 0.5) is 5.69 Å². The van der Waals surface area contributed by atoms with Crippen LogP contribution in [-0.4, -0.2) is 35.7 Å². The summed E-state index contributed by atoms with van der Waals surface area (Å²) in [5.41, 5.74) is 2.17. The van der Waals surface area contributed by atoms with Gasteiger partial charge in [-0.05, 0) is 37.3 Å². The summed E-state index contributed by atoms with van der Waals surface area (Å²) in [6, 6.07) is 7.98. The lowest BCUT2D eigenvalue weighted by Crippen LogP contribution is -2.39. The number of carbonyl (C=O) groups excluding carboxylic acids is 3. The number of likely N-dealkylation sites (tertiary alicyclic amines) is 1. The third kappa shape index (κ3) is 2.86. The van der Waals surface area contributed by atoms with Crippen molar-refractivity contribution in [1.82, 2.24) is 4.90 Å². The van der Waals surface area contributed by atoms with Crippen LogP contribution in [0.15, 0.2) is 24.3 Å². The first kappa shape index (κ1) is 16.3. The van der Waals surface area contributed by atoms with Crippen LogP contribution in [0.5, 0.6) is 0 Å². The minimum Gasteiger partial charge on any atom is -0.312 e. The summed E-state index contributed by atoms with van der Waals surface area (Å²) < 4.78 is 0. The molecule has 1 saturated carbocycles. The van der Waals surface area contributed by atoms with Crippen LogP contribution in [0.25, 0.3) is 0 Å². The number of carbonyl (C=O) groups is 3. The number of fused-ring (bicyclic) bond motifs is 2. The number of amides is 3. The van der Waals surface area contributed by atoms with Crippen LogP contribution in [0.2, 0.25) is 0 Å². The molecule has 0 aromatic heterocycles. The van der Waals surface area contributed by atoms with Crippen LogP contribution >= 0.6 is 0 Å². The maximum Gasteiger partial charge on any atom is 0.233 e. The van der Waals surface area contributed by atoms with Gasteiger partial charge in [0.15, 0.2) is 0 Å². The smallest absolute Gasteiger partial charge is 0.233 e. The monoisotopic (exact) mass is 340 g/mol. The fraction of sp³-hybridized carbons (Fsp3) is 0.550. The van der Waals surface area contributed by atoms with E-state index in [1.165, 1.54) is 10.5 Å². The van der Waals surface area contributed by atoms with Crippen molar-refractivity contribution in [2.75, 3.05) is 18.0 Å². The predicted octanol–water partition coefficient (Wildman–Crippen LogP) is 2.53. The van der Waals surface area contributed by atoms with Crippen molar-refractivity contribution in [3.05, 3.63) is 29.8 Å². The van der Waals surface area contributed by atoms with E-state index in [0.29, 0.717) is 6.54 Å². The summed E-state index contributed by atoms with van der Waals surface area (Å²) >= 11 is 0. The standard InChI is InChI=1S/C20H24N2O3/c23-18(21-12-5-7-14-6-1-4-10-17(14)21)11-13-22-19(24)15-8-2-3-9-16(15)20(22)25/h1,4,6,10,15-16H,2-3,5,7-9,11-13H2/t15-,16-/m0/s1. The summed E-state index contributed by atoms with van der Waals surface area (Å²) in [4.78, 5) is 40.9. The Kier molecular flexibility index (Phi) is 4.32. The van der Waals surface area contributed by atoms with Gasteiger partial charge in [0.05, 0.1) is 11.8 Å². The summed E-state index contributed by atoms with van der Waals surface area (Å²) in [6.07, 6.45) is 5.85. The molecule has 0 N–H and O–H groups in total. The quantitative estimate of drug-likeness (QED) is 0.795. The second-order valence-corrected chi connectivity index (χ2v) is 7.35. The van der Waals surface area contributed by atoms with E-state index in [0.717, 1.165) is 44.2 Å². The molecule has 2 heterocycles. The van der Waals surface area contributed by atoms with Gasteiger partial charge >= 0.3 is 0 Å². The Morgan fingerprint density at radius 1 is 1.00 bits per heavy atom. The van der Waals surface area contributed by atoms with Gasteiger partial charge in [0, 0.05) is 25.2 Å². The van der Waals surface area contributed by atoms with E-state index in [1.807, 2.05) is 23.1 Å². The highest BCUT2D eigenvalue weighted by molar-refractivity contribution is 6.05. The molecular formula is C20H24N2O3. The van der Waals surface area contributed by atoms with Gasteiger partial charge in [-0.25, -0.2) is 0 Å². The average Bonchev–Trinajstić information content (AvgIpc) is 2.90. The molecule has 0 bridgehead atoms. The average molecular weight is 340 g/mol. The molecular weight excluding hydrogens is 316 g/mol. The molecule has 132 valence electrons. The molecule has 5 heteroatoms. The normalized spacial score (nSPS) is 25.8. The van der Waals surface area contributed by atoms with Gasteiger partial charge in [-0.1, -0.05) is 31.0 Å². The number of para-hydroxylation sites is 1. The molecule has 2 fully saturated rings. The van der Waals surface area contributed by atoms with Gasteiger partial charge in [0.1, 0.15) is 0 Å². The maximum absolute atomic E-state index is 12.7. The summed E-state index contributed by atoms with van der Waals surface area (Å²) in [6.45, 7) is 0.936. The largest absolute Gasteiger partial charge is 0.312 e. The molecule has 1 saturated heterocycles. The third-order valence-electron chi connectivity index (χ3n) is 5.89. The summed E-state index contributed by atoms with van der Waals surface area (Å²) in [5, 5.41) is 0. The summed E-state index contributed by atoms with van der Waals surface area (Å²) in [5.74, 6) is -0.371. The fourth-order valence-electron chi connectivity index (χ4n) is 4.59. The van der Waals surface area contributed by atoms with Crippen molar-refractivity contribution in [2.24, 2.45) is 11.8 Å².